The van der Waals surface area contributed by atoms with Crippen LogP contribution in [0.3, 0.4) is 0 Å². The van der Waals surface area contributed by atoms with Crippen LogP contribution in [0.5, 0.6) is 0 Å². The molecule has 131 heavy (non-hydrogen) atoms. The van der Waals surface area contributed by atoms with Crippen LogP contribution in [-0.4, -0.2) is 17.6 Å². The Morgan fingerprint density at radius 3 is 1.07 bits per heavy atom. The summed E-state index contributed by atoms with van der Waals surface area (Å²) in [6, 6.07) is 90.4. The van der Waals surface area contributed by atoms with Crippen LogP contribution in [0, 0.1) is 58.8 Å². The van der Waals surface area contributed by atoms with E-state index in [0.717, 1.165) is 19.3 Å². The summed E-state index contributed by atoms with van der Waals surface area (Å²) in [7, 11) is 8.79. The molecule has 20 aromatic rings. The predicted octanol–water partition coefficient (Wildman–Crippen LogP) is 30.2. The second-order valence-electron chi connectivity index (χ2n) is 42.0. The molecule has 8 heterocycles. The second-order valence-corrected chi connectivity index (χ2v) is 42.0. The van der Waals surface area contributed by atoms with E-state index in [1.54, 1.807) is 16.7 Å². The normalized spacial score (nSPS) is 13.8. The van der Waals surface area contributed by atoms with Gasteiger partial charge in [0.25, 0.3) is 22.6 Å². The van der Waals surface area contributed by atoms with Crippen LogP contribution in [0.15, 0.2) is 267 Å². The lowest BCUT2D eigenvalue weighted by Gasteiger charge is -2.29. The molecule has 0 spiro atoms. The first-order chi connectivity index (χ1) is 63.1. The molecule has 8 heteroatoms. The molecule has 0 aliphatic heterocycles. The van der Waals surface area contributed by atoms with Gasteiger partial charge in [0.15, 0.2) is 22.8 Å². The minimum absolute atomic E-state index is 0.114. The van der Waals surface area contributed by atoms with Crippen molar-refractivity contribution in [2.24, 2.45) is 45.4 Å². The molecule has 2 fully saturated rings. The van der Waals surface area contributed by atoms with Gasteiger partial charge >= 0.3 is 0 Å². The van der Waals surface area contributed by atoms with Crippen molar-refractivity contribution in [3.63, 3.8) is 0 Å². The first-order valence-electron chi connectivity index (χ1n) is 48.8. The lowest BCUT2D eigenvalue weighted by molar-refractivity contribution is -0.643. The molecule has 8 aromatic heterocycles. The van der Waals surface area contributed by atoms with Gasteiger partial charge in [-0.05, 0) is 224 Å². The molecule has 2 saturated carbocycles. The number of rotatable bonds is 11. The zero-order chi connectivity index (χ0) is 91.3. The summed E-state index contributed by atoms with van der Waals surface area (Å²) in [6.45, 7) is 36.5. The Morgan fingerprint density at radius 1 is 0.305 bits per heavy atom. The van der Waals surface area contributed by atoms with E-state index in [4.69, 9.17) is 0 Å². The predicted molar refractivity (Wildman–Crippen MR) is 555 cm³/mol. The molecular formula is C123H134N8+4. The van der Waals surface area contributed by atoms with Crippen molar-refractivity contribution in [3.05, 3.63) is 334 Å². The summed E-state index contributed by atoms with van der Waals surface area (Å²) in [5.74, 6) is 2.57. The molecule has 0 radical (unpaired) electrons. The van der Waals surface area contributed by atoms with Gasteiger partial charge in [0, 0.05) is 65.3 Å². The highest BCUT2D eigenvalue weighted by atomic mass is 15.1. The number of imidazole rings is 4. The molecule has 22 rings (SSSR count). The van der Waals surface area contributed by atoms with E-state index in [2.05, 4.69) is 442 Å². The zero-order valence-electron chi connectivity index (χ0n) is 81.5. The third-order valence-electron chi connectivity index (χ3n) is 29.0. The molecule has 0 unspecified atom stereocenters. The fraction of sp³-hybridized carbons (Fsp3) is 0.317. The van der Waals surface area contributed by atoms with Crippen molar-refractivity contribution >= 4 is 109 Å². The number of para-hydroxylation sites is 2. The summed E-state index contributed by atoms with van der Waals surface area (Å²) >= 11 is 0. The first-order valence-corrected chi connectivity index (χ1v) is 48.8. The smallest absolute Gasteiger partial charge is 0.232 e. The fourth-order valence-corrected chi connectivity index (χ4v) is 23.3. The number of fused-ring (bicyclic) bond motifs is 24. The van der Waals surface area contributed by atoms with Gasteiger partial charge in [-0.2, -0.15) is 17.6 Å². The number of pyridine rings is 4. The second kappa shape index (κ2) is 35.3. The average Bonchev–Trinajstić information content (AvgIpc) is 1.63. The number of aryl methyl sites for hydroxylation is 10. The summed E-state index contributed by atoms with van der Waals surface area (Å²) < 4.78 is 19.4. The summed E-state index contributed by atoms with van der Waals surface area (Å²) in [5.41, 5.74) is 38.1. The number of benzene rings is 12. The van der Waals surface area contributed by atoms with E-state index < -0.39 is 0 Å². The van der Waals surface area contributed by atoms with Gasteiger partial charge in [0.1, 0.15) is 46.9 Å². The minimum Gasteiger partial charge on any atom is -0.232 e. The Kier molecular flexibility index (Phi) is 23.7. The molecule has 2 aliphatic rings. The monoisotopic (exact) mass is 1720 g/mol. The number of hydrogen-bond acceptors (Lipinski definition) is 0. The molecule has 0 atom stereocenters. The third kappa shape index (κ3) is 16.0. The van der Waals surface area contributed by atoms with Gasteiger partial charge in [-0.3, -0.25) is 0 Å². The zero-order valence-corrected chi connectivity index (χ0v) is 81.5. The van der Waals surface area contributed by atoms with Crippen LogP contribution in [0.4, 0.5) is 0 Å². The Bertz CT molecular complexity index is 7750. The molecule has 0 saturated heterocycles. The van der Waals surface area contributed by atoms with Crippen molar-refractivity contribution in [2.45, 2.75) is 212 Å². The summed E-state index contributed by atoms with van der Waals surface area (Å²) in [6.07, 6.45) is 26.2. The maximum absolute atomic E-state index is 2.61. The molecule has 12 aromatic carbocycles. The maximum Gasteiger partial charge on any atom is 0.295 e. The van der Waals surface area contributed by atoms with Crippen molar-refractivity contribution in [1.29, 1.82) is 0 Å². The largest absolute Gasteiger partial charge is 0.295 e. The van der Waals surface area contributed by atoms with Crippen molar-refractivity contribution < 1.29 is 18.3 Å². The SMILES string of the molecule is Cc1cccc(C)c1-c1c[n+](C)c2c3c(C)cccc3c3cc(CC(C)(C)C)ccc3n12.Cc1cccc2c3cc(C(C)(C)C)ccc3n3c(-c4ccccc4)c[n+](C)c3c12.Cc1cccc2c3ccccc3n3c(-c4c(C5CCCCC5)cccc4C4CCCCC4)c[n+](C)c3c12.Cc1cccc2c3ccccc3n3c(-c4c(CC(C)C)cccc4CC(C)C)c[n+](C)c3c12. The molecule has 662 valence electrons. The Balaban J connectivity index is 0.000000113. The van der Waals surface area contributed by atoms with E-state index in [1.807, 2.05) is 0 Å². The van der Waals surface area contributed by atoms with E-state index in [-0.39, 0.29) is 10.8 Å². The van der Waals surface area contributed by atoms with Crippen LogP contribution in [0.25, 0.3) is 154 Å². The minimum atomic E-state index is 0.114. The molecule has 0 bridgehead atoms. The van der Waals surface area contributed by atoms with Crippen LogP contribution in [0.1, 0.15) is 212 Å². The average molecular weight is 1720 g/mol. The number of nitrogens with zero attached hydrogens (tertiary/aromatic N) is 8. The molecule has 8 nitrogen and oxygen atoms in total. The van der Waals surface area contributed by atoms with E-state index in [1.165, 1.54) is 269 Å². The van der Waals surface area contributed by atoms with Crippen LogP contribution >= 0.6 is 0 Å². The van der Waals surface area contributed by atoms with Crippen molar-refractivity contribution in [1.82, 2.24) is 17.6 Å². The van der Waals surface area contributed by atoms with Crippen LogP contribution in [-0.2, 0) is 52.9 Å². The van der Waals surface area contributed by atoms with Crippen LogP contribution < -0.4 is 18.3 Å². The highest BCUT2D eigenvalue weighted by Crippen LogP contribution is 2.48. The fourth-order valence-electron chi connectivity index (χ4n) is 23.3. The van der Waals surface area contributed by atoms with Gasteiger partial charge in [0.2, 0.25) is 0 Å². The highest BCUT2D eigenvalue weighted by molar-refractivity contribution is 6.17. The Labute approximate surface area is 776 Å². The standard InChI is InChI=1S/C35H39N2.C31H35N2.C30H33N2.C27H27N2/c1-24-13-11-21-30-29-18-9-10-22-31(29)37-32(23-36(2)35(37)33(24)30)34-27(25-14-5-3-6-15-25)19-12-20-28(34)26-16-7-4-8-17-26;1-20(2)17-23-12-10-13-24(18-21(3)4)30(23)28-19-32(6)31-29-22(5)11-9-15-26(29)25-14-7-8-16-27(25)33(28)31;1-19-10-8-11-20(2)27(19)26-18-31(7)29-28-21(3)12-9-13-23(28)24-16-22(17-30(4,5)6)14-15-25(24)32(26)29;1-18-10-9-13-21-22-16-20(27(2,3)4)14-15-23(22)29-24(19-11-7-6-8-12-19)17-28(5)26(29)25(18)21/h9-13,18-23,25-26H,3-8,14-17H2,1-2H3;7-16,19-21H,17-18H2,1-6H3;8-16,18H,17H2,1-7H3;6-17H,1-5H3/q4*+1. The van der Waals surface area contributed by atoms with Gasteiger partial charge in [-0.25, -0.2) is 18.3 Å². The quantitative estimate of drug-likeness (QED) is 0.0913. The van der Waals surface area contributed by atoms with E-state index >= 15 is 0 Å². The molecule has 0 N–H and O–H groups in total. The van der Waals surface area contributed by atoms with Gasteiger partial charge < -0.3 is 0 Å². The lowest BCUT2D eigenvalue weighted by Crippen LogP contribution is -2.26. The molecule has 0 amide bonds. The summed E-state index contributed by atoms with van der Waals surface area (Å²) in [4.78, 5) is 0. The third-order valence-corrected chi connectivity index (χ3v) is 29.0. The van der Waals surface area contributed by atoms with E-state index in [9.17, 15) is 0 Å². The van der Waals surface area contributed by atoms with Gasteiger partial charge in [-0.1, -0.05) is 314 Å². The maximum atomic E-state index is 2.61. The lowest BCUT2D eigenvalue weighted by atomic mass is 9.76. The number of aromatic nitrogens is 8. The van der Waals surface area contributed by atoms with Crippen molar-refractivity contribution in [3.8, 4) is 45.0 Å². The number of hydrogen-bond donors (Lipinski definition) is 0. The van der Waals surface area contributed by atoms with Crippen LogP contribution in [0.2, 0.25) is 0 Å². The topological polar surface area (TPSA) is 33.2 Å². The Morgan fingerprint density at radius 2 is 0.641 bits per heavy atom. The first kappa shape index (κ1) is 87.8. The summed E-state index contributed by atoms with van der Waals surface area (Å²) in [5, 5.41) is 16.1. The highest BCUT2D eigenvalue weighted by Gasteiger charge is 2.35. The molecular weight excluding hydrogens is 1590 g/mol. The molecule has 2 aliphatic carbocycles. The Hall–Kier alpha value is -12.5. The van der Waals surface area contributed by atoms with Gasteiger partial charge in [-0.15, -0.1) is 0 Å². The van der Waals surface area contributed by atoms with E-state index in [0.29, 0.717) is 23.7 Å². The van der Waals surface area contributed by atoms with Gasteiger partial charge in [0.05, 0.1) is 49.7 Å². The van der Waals surface area contributed by atoms with Crippen molar-refractivity contribution in [2.75, 3.05) is 0 Å².